The normalized spacial score (nSPS) is 13.3. The molecule has 0 aliphatic heterocycles. The summed E-state index contributed by atoms with van der Waals surface area (Å²) in [5, 5.41) is 22.8. The molecule has 0 aliphatic rings. The average molecular weight is 852 g/mol. The van der Waals surface area contributed by atoms with Gasteiger partial charge in [0.15, 0.2) is 0 Å². The van der Waals surface area contributed by atoms with Crippen LogP contribution in [-0.2, 0) is 4.79 Å². The van der Waals surface area contributed by atoms with E-state index in [1.165, 1.54) is 212 Å². The topological polar surface area (TPSA) is 69.6 Å². The van der Waals surface area contributed by atoms with E-state index in [4.69, 9.17) is 0 Å². The minimum absolute atomic E-state index is 0.0748. The molecular weight excluding hydrogens is 747 g/mol. The van der Waals surface area contributed by atoms with Gasteiger partial charge in [-0.1, -0.05) is 267 Å². The molecule has 0 aromatic heterocycles. The van der Waals surface area contributed by atoms with Crippen LogP contribution in [0.5, 0.6) is 0 Å². The minimum atomic E-state index is -0.858. The highest BCUT2D eigenvalue weighted by atomic mass is 16.3. The van der Waals surface area contributed by atoms with Gasteiger partial charge in [0.25, 0.3) is 0 Å². The highest BCUT2D eigenvalue weighted by molar-refractivity contribution is 5.76. The Bertz CT molecular complexity index is 1010. The van der Waals surface area contributed by atoms with E-state index in [0.717, 1.165) is 44.9 Å². The number of amides is 1. The number of nitrogens with one attached hydrogen (secondary N) is 1. The maximum absolute atomic E-state index is 12.3. The third kappa shape index (κ3) is 49.0. The number of carbonyl (C=O) groups excluding carboxylic acids is 1. The molecule has 2 unspecified atom stereocenters. The lowest BCUT2D eigenvalue weighted by molar-refractivity contribution is -0.123. The van der Waals surface area contributed by atoms with Gasteiger partial charge in [-0.3, -0.25) is 4.79 Å². The van der Waals surface area contributed by atoms with Crippen LogP contribution < -0.4 is 5.32 Å². The summed E-state index contributed by atoms with van der Waals surface area (Å²) < 4.78 is 0. The third-order valence-electron chi connectivity index (χ3n) is 12.2. The van der Waals surface area contributed by atoms with Crippen molar-refractivity contribution in [2.45, 2.75) is 289 Å². The van der Waals surface area contributed by atoms with Crippen molar-refractivity contribution in [2.24, 2.45) is 0 Å². The average Bonchev–Trinajstić information content (AvgIpc) is 3.26. The molecule has 0 saturated heterocycles. The lowest BCUT2D eigenvalue weighted by Crippen LogP contribution is -2.45. The molecule has 0 rings (SSSR count). The van der Waals surface area contributed by atoms with Crippen LogP contribution in [0, 0.1) is 0 Å². The van der Waals surface area contributed by atoms with E-state index in [0.29, 0.717) is 6.42 Å². The molecule has 0 spiro atoms. The van der Waals surface area contributed by atoms with Gasteiger partial charge in [0, 0.05) is 6.42 Å². The van der Waals surface area contributed by atoms with Crippen molar-refractivity contribution in [1.29, 1.82) is 0 Å². The van der Waals surface area contributed by atoms with Crippen molar-refractivity contribution in [3.63, 3.8) is 0 Å². The Labute approximate surface area is 381 Å². The van der Waals surface area contributed by atoms with E-state index in [1.54, 1.807) is 6.08 Å². The molecule has 4 nitrogen and oxygen atoms in total. The smallest absolute Gasteiger partial charge is 0.220 e. The highest BCUT2D eigenvalue weighted by Crippen LogP contribution is 2.17. The Balaban J connectivity index is 3.35. The predicted octanol–water partition coefficient (Wildman–Crippen LogP) is 17.6. The number of hydrogen-bond acceptors (Lipinski definition) is 3. The standard InChI is InChI=1S/C57H105NO3/c1-3-5-7-9-11-13-14-15-16-17-18-19-20-21-22-23-24-25-26-27-28-29-30-31-32-33-34-35-36-37-38-39-40-41-42-43-44-45-47-49-51-53-57(61)58-55(54-59)56(60)52-50-48-46-12-10-8-6-4-2/h10,12,14-15,17-18,20-21,50,52,55-56,59-60H,3-9,11,13,16,19,22-49,51,53-54H2,1-2H3,(H,58,61)/b12-10+,15-14-,18-17-,21-20-,52-50+. The number of aliphatic hydroxyl groups is 2. The molecule has 0 aromatic rings. The van der Waals surface area contributed by atoms with Gasteiger partial charge in [-0.15, -0.1) is 0 Å². The SMILES string of the molecule is CCCC/C=C/CC/C=C/C(O)C(CO)NC(=O)CCCCCCCCCCCCCCCCCCCCCCCCCCCC/C=C\C/C=C\C/C=C\CCCCCCC. The van der Waals surface area contributed by atoms with Crippen LogP contribution in [0.4, 0.5) is 0 Å². The lowest BCUT2D eigenvalue weighted by atomic mass is 10.0. The van der Waals surface area contributed by atoms with Gasteiger partial charge in [-0.25, -0.2) is 0 Å². The first-order chi connectivity index (χ1) is 30.2. The van der Waals surface area contributed by atoms with E-state index in [9.17, 15) is 15.0 Å². The molecule has 0 heterocycles. The molecule has 1 amide bonds. The van der Waals surface area contributed by atoms with Crippen LogP contribution >= 0.6 is 0 Å². The number of carbonyl (C=O) groups is 1. The second-order valence-corrected chi connectivity index (χ2v) is 18.3. The Morgan fingerprint density at radius 3 is 1.11 bits per heavy atom. The van der Waals surface area contributed by atoms with Crippen LogP contribution in [0.1, 0.15) is 277 Å². The van der Waals surface area contributed by atoms with Gasteiger partial charge in [-0.2, -0.15) is 0 Å². The predicted molar refractivity (Wildman–Crippen MR) is 271 cm³/mol. The Kier molecular flexibility index (Phi) is 50.8. The fourth-order valence-electron chi connectivity index (χ4n) is 8.07. The van der Waals surface area contributed by atoms with E-state index < -0.39 is 12.1 Å². The molecule has 61 heavy (non-hydrogen) atoms. The van der Waals surface area contributed by atoms with Crippen molar-refractivity contribution in [2.75, 3.05) is 6.61 Å². The second-order valence-electron chi connectivity index (χ2n) is 18.3. The summed E-state index contributed by atoms with van der Waals surface area (Å²) in [4.78, 5) is 12.3. The van der Waals surface area contributed by atoms with Crippen LogP contribution in [0.25, 0.3) is 0 Å². The Hall–Kier alpha value is -1.91. The zero-order valence-electron chi connectivity index (χ0n) is 40.9. The van der Waals surface area contributed by atoms with Gasteiger partial charge in [0.1, 0.15) is 0 Å². The van der Waals surface area contributed by atoms with E-state index >= 15 is 0 Å². The maximum Gasteiger partial charge on any atom is 0.220 e. The monoisotopic (exact) mass is 852 g/mol. The van der Waals surface area contributed by atoms with Crippen molar-refractivity contribution >= 4 is 5.91 Å². The van der Waals surface area contributed by atoms with Gasteiger partial charge in [-0.05, 0) is 64.2 Å². The number of allylic oxidation sites excluding steroid dienone is 9. The lowest BCUT2D eigenvalue weighted by Gasteiger charge is -2.19. The third-order valence-corrected chi connectivity index (χ3v) is 12.2. The minimum Gasteiger partial charge on any atom is -0.394 e. The molecule has 4 heteroatoms. The summed E-state index contributed by atoms with van der Waals surface area (Å²) in [6, 6.07) is -0.635. The summed E-state index contributed by atoms with van der Waals surface area (Å²) in [6.07, 6.45) is 74.1. The second kappa shape index (κ2) is 52.4. The van der Waals surface area contributed by atoms with Crippen molar-refractivity contribution in [1.82, 2.24) is 5.32 Å². The zero-order chi connectivity index (χ0) is 44.2. The molecule has 0 aliphatic carbocycles. The van der Waals surface area contributed by atoms with Crippen LogP contribution in [0.3, 0.4) is 0 Å². The molecule has 3 N–H and O–H groups in total. The van der Waals surface area contributed by atoms with Crippen LogP contribution in [0.2, 0.25) is 0 Å². The quantitative estimate of drug-likeness (QED) is 0.0422. The molecule has 0 bridgehead atoms. The summed E-state index contributed by atoms with van der Waals surface area (Å²) in [6.45, 7) is 4.22. The first-order valence-electron chi connectivity index (χ1n) is 27.0. The molecule has 0 radical (unpaired) electrons. The summed E-state index contributed by atoms with van der Waals surface area (Å²) >= 11 is 0. The van der Waals surface area contributed by atoms with Gasteiger partial charge in [0.05, 0.1) is 18.8 Å². The van der Waals surface area contributed by atoms with Crippen LogP contribution in [-0.4, -0.2) is 34.9 Å². The number of unbranched alkanes of at least 4 members (excludes halogenated alkanes) is 34. The van der Waals surface area contributed by atoms with E-state index in [-0.39, 0.29) is 12.5 Å². The van der Waals surface area contributed by atoms with Gasteiger partial charge >= 0.3 is 0 Å². The fourth-order valence-corrected chi connectivity index (χ4v) is 8.07. The van der Waals surface area contributed by atoms with Crippen molar-refractivity contribution in [3.8, 4) is 0 Å². The molecular formula is C57H105NO3. The number of rotatable bonds is 49. The molecule has 2 atom stereocenters. The Morgan fingerprint density at radius 1 is 0.393 bits per heavy atom. The molecule has 0 saturated carbocycles. The van der Waals surface area contributed by atoms with Crippen molar-refractivity contribution < 1.29 is 15.0 Å². The first-order valence-corrected chi connectivity index (χ1v) is 27.0. The molecule has 0 aromatic carbocycles. The van der Waals surface area contributed by atoms with Gasteiger partial charge in [0.2, 0.25) is 5.91 Å². The fraction of sp³-hybridized carbons (Fsp3) is 0.807. The Morgan fingerprint density at radius 2 is 0.705 bits per heavy atom. The van der Waals surface area contributed by atoms with Crippen LogP contribution in [0.15, 0.2) is 60.8 Å². The molecule has 0 fully saturated rings. The number of aliphatic hydroxyl groups excluding tert-OH is 2. The highest BCUT2D eigenvalue weighted by Gasteiger charge is 2.17. The summed E-state index contributed by atoms with van der Waals surface area (Å²) in [5.74, 6) is -0.0748. The van der Waals surface area contributed by atoms with E-state index in [2.05, 4.69) is 67.8 Å². The van der Waals surface area contributed by atoms with Gasteiger partial charge < -0.3 is 15.5 Å². The van der Waals surface area contributed by atoms with E-state index in [1.807, 2.05) is 6.08 Å². The maximum atomic E-state index is 12.3. The summed E-state index contributed by atoms with van der Waals surface area (Å²) in [5.41, 5.74) is 0. The first kappa shape index (κ1) is 59.1. The number of hydrogen-bond donors (Lipinski definition) is 3. The molecule has 356 valence electrons. The largest absolute Gasteiger partial charge is 0.394 e. The van der Waals surface area contributed by atoms with Crippen molar-refractivity contribution in [3.05, 3.63) is 60.8 Å². The zero-order valence-corrected chi connectivity index (χ0v) is 40.9. The summed E-state index contributed by atoms with van der Waals surface area (Å²) in [7, 11) is 0.